The Hall–Kier alpha value is -0.0700. The second-order valence-corrected chi connectivity index (χ2v) is 7.21. The number of sulfone groups is 1. The Morgan fingerprint density at radius 1 is 1.33 bits per heavy atom. The van der Waals surface area contributed by atoms with Gasteiger partial charge in [-0.05, 0) is 34.1 Å². The third kappa shape index (κ3) is 4.99. The summed E-state index contributed by atoms with van der Waals surface area (Å²) in [5.41, 5.74) is 0.891. The van der Waals surface area contributed by atoms with E-state index in [1.165, 1.54) is 6.26 Å². The van der Waals surface area contributed by atoms with Crippen LogP contribution in [-0.4, -0.2) is 27.0 Å². The van der Waals surface area contributed by atoms with E-state index in [9.17, 15) is 8.42 Å². The summed E-state index contributed by atoms with van der Waals surface area (Å²) in [5.74, 6) is 0.134. The fourth-order valence-electron chi connectivity index (χ4n) is 1.00. The number of halogens is 2. The SMILES string of the molecule is CS(=O)(=O)CCNc1ccc(Br)cc1Br. The lowest BCUT2D eigenvalue weighted by molar-refractivity contribution is 0.602. The molecule has 0 unspecified atom stereocenters. The van der Waals surface area contributed by atoms with Crippen molar-refractivity contribution in [2.75, 3.05) is 23.9 Å². The molecular formula is C9H11Br2NO2S. The van der Waals surface area contributed by atoms with Crippen LogP contribution in [0.15, 0.2) is 27.1 Å². The van der Waals surface area contributed by atoms with Gasteiger partial charge in [-0.15, -0.1) is 0 Å². The molecule has 84 valence electrons. The van der Waals surface area contributed by atoms with Crippen LogP contribution >= 0.6 is 31.9 Å². The Morgan fingerprint density at radius 2 is 2.00 bits per heavy atom. The molecule has 0 saturated carbocycles. The molecule has 15 heavy (non-hydrogen) atoms. The van der Waals surface area contributed by atoms with E-state index in [4.69, 9.17) is 0 Å². The molecule has 0 aromatic heterocycles. The van der Waals surface area contributed by atoms with Crippen LogP contribution in [0, 0.1) is 0 Å². The Bertz CT molecular complexity index is 445. The van der Waals surface area contributed by atoms with Gasteiger partial charge in [-0.2, -0.15) is 0 Å². The number of benzene rings is 1. The monoisotopic (exact) mass is 355 g/mol. The number of nitrogens with one attached hydrogen (secondary N) is 1. The molecule has 0 radical (unpaired) electrons. The summed E-state index contributed by atoms with van der Waals surface area (Å²) < 4.78 is 23.7. The summed E-state index contributed by atoms with van der Waals surface area (Å²) in [6, 6.07) is 5.69. The molecule has 0 amide bonds. The number of hydrogen-bond acceptors (Lipinski definition) is 3. The van der Waals surface area contributed by atoms with Crippen molar-refractivity contribution < 1.29 is 8.42 Å². The zero-order valence-corrected chi connectivity index (χ0v) is 12.1. The summed E-state index contributed by atoms with van der Waals surface area (Å²) in [6.45, 7) is 0.416. The van der Waals surface area contributed by atoms with Crippen LogP contribution in [0.2, 0.25) is 0 Å². The third-order valence-electron chi connectivity index (χ3n) is 1.72. The first kappa shape index (κ1) is 13.0. The molecule has 0 bridgehead atoms. The van der Waals surface area contributed by atoms with Gasteiger partial charge in [0.05, 0.1) is 5.75 Å². The van der Waals surface area contributed by atoms with Gasteiger partial charge in [-0.3, -0.25) is 0 Å². The first-order chi connectivity index (χ1) is 6.88. The highest BCUT2D eigenvalue weighted by molar-refractivity contribution is 9.11. The molecule has 1 rings (SSSR count). The smallest absolute Gasteiger partial charge is 0.149 e. The van der Waals surface area contributed by atoms with E-state index in [-0.39, 0.29) is 5.75 Å². The minimum absolute atomic E-state index is 0.134. The fraction of sp³-hybridized carbons (Fsp3) is 0.333. The maximum absolute atomic E-state index is 10.9. The summed E-state index contributed by atoms with van der Waals surface area (Å²) >= 11 is 6.73. The van der Waals surface area contributed by atoms with E-state index in [1.54, 1.807) is 0 Å². The predicted octanol–water partition coefficient (Wildman–Crippen LogP) is 2.67. The number of anilines is 1. The second-order valence-electron chi connectivity index (χ2n) is 3.18. The normalized spacial score (nSPS) is 11.4. The molecule has 6 heteroatoms. The Labute approximate surface area is 106 Å². The van der Waals surface area contributed by atoms with Gasteiger partial charge in [0, 0.05) is 27.4 Å². The zero-order valence-electron chi connectivity index (χ0n) is 8.13. The lowest BCUT2D eigenvalue weighted by Crippen LogP contribution is -2.14. The summed E-state index contributed by atoms with van der Waals surface area (Å²) in [6.07, 6.45) is 1.23. The molecular weight excluding hydrogens is 346 g/mol. The molecule has 0 aliphatic heterocycles. The third-order valence-corrected chi connectivity index (χ3v) is 3.81. The van der Waals surface area contributed by atoms with E-state index in [1.807, 2.05) is 18.2 Å². The van der Waals surface area contributed by atoms with Gasteiger partial charge >= 0.3 is 0 Å². The van der Waals surface area contributed by atoms with Crippen LogP contribution in [0.3, 0.4) is 0 Å². The quantitative estimate of drug-likeness (QED) is 0.902. The minimum atomic E-state index is -2.90. The van der Waals surface area contributed by atoms with Crippen LogP contribution in [0.25, 0.3) is 0 Å². The highest BCUT2D eigenvalue weighted by atomic mass is 79.9. The van der Waals surface area contributed by atoms with E-state index in [0.29, 0.717) is 6.54 Å². The van der Waals surface area contributed by atoms with Crippen molar-refractivity contribution in [2.24, 2.45) is 0 Å². The second kappa shape index (κ2) is 5.32. The minimum Gasteiger partial charge on any atom is -0.383 e. The molecule has 0 spiro atoms. The van der Waals surface area contributed by atoms with Crippen molar-refractivity contribution in [3.05, 3.63) is 27.1 Å². The lowest BCUT2D eigenvalue weighted by Gasteiger charge is -2.07. The maximum Gasteiger partial charge on any atom is 0.149 e. The number of hydrogen-bond donors (Lipinski definition) is 1. The first-order valence-electron chi connectivity index (χ1n) is 4.25. The van der Waals surface area contributed by atoms with Gasteiger partial charge < -0.3 is 5.32 Å². The summed E-state index contributed by atoms with van der Waals surface area (Å²) in [4.78, 5) is 0. The molecule has 3 nitrogen and oxygen atoms in total. The largest absolute Gasteiger partial charge is 0.383 e. The van der Waals surface area contributed by atoms with Crippen LogP contribution in [0.1, 0.15) is 0 Å². The first-order valence-corrected chi connectivity index (χ1v) is 7.90. The van der Waals surface area contributed by atoms with Gasteiger partial charge in [0.25, 0.3) is 0 Å². The molecule has 0 heterocycles. The maximum atomic E-state index is 10.9. The van der Waals surface area contributed by atoms with Crippen molar-refractivity contribution in [1.29, 1.82) is 0 Å². The van der Waals surface area contributed by atoms with Gasteiger partial charge in [0.2, 0.25) is 0 Å². The van der Waals surface area contributed by atoms with Crippen molar-refractivity contribution >= 4 is 47.4 Å². The predicted molar refractivity (Wildman–Crippen MR) is 70.0 cm³/mol. The van der Waals surface area contributed by atoms with Gasteiger partial charge in [0.15, 0.2) is 0 Å². The lowest BCUT2D eigenvalue weighted by atomic mass is 10.3. The topological polar surface area (TPSA) is 46.2 Å². The average molecular weight is 357 g/mol. The van der Waals surface area contributed by atoms with Crippen LogP contribution in [0.4, 0.5) is 5.69 Å². The zero-order chi connectivity index (χ0) is 11.5. The van der Waals surface area contributed by atoms with E-state index >= 15 is 0 Å². The molecule has 1 aromatic carbocycles. The highest BCUT2D eigenvalue weighted by Gasteiger charge is 2.03. The molecule has 0 fully saturated rings. The van der Waals surface area contributed by atoms with Crippen LogP contribution < -0.4 is 5.32 Å². The van der Waals surface area contributed by atoms with Crippen molar-refractivity contribution in [3.63, 3.8) is 0 Å². The number of rotatable bonds is 4. The van der Waals surface area contributed by atoms with Gasteiger partial charge in [-0.25, -0.2) is 8.42 Å². The molecule has 0 aliphatic rings. The molecule has 0 atom stereocenters. The van der Waals surface area contributed by atoms with E-state index < -0.39 is 9.84 Å². The van der Waals surface area contributed by atoms with E-state index in [2.05, 4.69) is 37.2 Å². The average Bonchev–Trinajstić information content (AvgIpc) is 2.07. The van der Waals surface area contributed by atoms with Crippen molar-refractivity contribution in [3.8, 4) is 0 Å². The fourth-order valence-corrected chi connectivity index (χ4v) is 2.66. The van der Waals surface area contributed by atoms with E-state index in [0.717, 1.165) is 14.6 Å². The van der Waals surface area contributed by atoms with Crippen LogP contribution in [0.5, 0.6) is 0 Å². The molecule has 0 saturated heterocycles. The van der Waals surface area contributed by atoms with Crippen molar-refractivity contribution in [1.82, 2.24) is 0 Å². The summed E-state index contributed by atoms with van der Waals surface area (Å²) in [5, 5.41) is 3.05. The van der Waals surface area contributed by atoms with Gasteiger partial charge in [0.1, 0.15) is 9.84 Å². The molecule has 0 aliphatic carbocycles. The van der Waals surface area contributed by atoms with Gasteiger partial charge in [-0.1, -0.05) is 15.9 Å². The van der Waals surface area contributed by atoms with Crippen molar-refractivity contribution in [2.45, 2.75) is 0 Å². The van der Waals surface area contributed by atoms with Crippen LogP contribution in [-0.2, 0) is 9.84 Å². The Kier molecular flexibility index (Phi) is 4.61. The standard InChI is InChI=1S/C9H11Br2NO2S/c1-15(13,14)5-4-12-9-3-2-7(10)6-8(9)11/h2-3,6,12H,4-5H2,1H3. The highest BCUT2D eigenvalue weighted by Crippen LogP contribution is 2.25. The summed E-state index contributed by atoms with van der Waals surface area (Å²) in [7, 11) is -2.90. The Balaban J connectivity index is 2.59. The molecule has 1 N–H and O–H groups in total. The molecule has 1 aromatic rings. The Morgan fingerprint density at radius 3 is 2.53 bits per heavy atom.